The number of ether oxygens (including phenoxy) is 1. The molecule has 1 fully saturated rings. The summed E-state index contributed by atoms with van der Waals surface area (Å²) in [4.78, 5) is 2.57. The molecule has 0 bridgehead atoms. The zero-order valence-electron chi connectivity index (χ0n) is 22.7. The lowest BCUT2D eigenvalue weighted by Crippen LogP contribution is -2.43. The van der Waals surface area contributed by atoms with Gasteiger partial charge in [0.15, 0.2) is 5.82 Å². The molecule has 198 valence electrons. The molecular formula is C32H39N5O. The van der Waals surface area contributed by atoms with E-state index in [4.69, 9.17) is 4.74 Å². The molecule has 1 aromatic heterocycles. The van der Waals surface area contributed by atoms with Crippen LogP contribution in [0.25, 0.3) is 28.2 Å². The van der Waals surface area contributed by atoms with Crippen molar-refractivity contribution in [2.45, 2.75) is 39.5 Å². The minimum absolute atomic E-state index is 0.715. The lowest BCUT2D eigenvalue weighted by molar-refractivity contribution is 0.234. The van der Waals surface area contributed by atoms with Gasteiger partial charge in [0.1, 0.15) is 11.6 Å². The summed E-state index contributed by atoms with van der Waals surface area (Å²) in [6, 6.07) is 25.2. The Morgan fingerprint density at radius 3 is 2.24 bits per heavy atom. The van der Waals surface area contributed by atoms with Crippen molar-refractivity contribution in [2.75, 3.05) is 39.3 Å². The number of aromatic nitrogens is 3. The van der Waals surface area contributed by atoms with Crippen LogP contribution in [0.2, 0.25) is 0 Å². The van der Waals surface area contributed by atoms with E-state index in [0.717, 1.165) is 53.7 Å². The Balaban J connectivity index is 1.25. The fraction of sp³-hybridized carbons (Fsp3) is 0.375. The van der Waals surface area contributed by atoms with Gasteiger partial charge in [0.25, 0.3) is 0 Å². The Hall–Kier alpha value is -3.48. The second-order valence-electron chi connectivity index (χ2n) is 10.1. The van der Waals surface area contributed by atoms with Crippen LogP contribution in [-0.2, 0) is 0 Å². The first-order valence-corrected chi connectivity index (χ1v) is 13.9. The first-order chi connectivity index (χ1) is 18.7. The molecule has 0 spiro atoms. The van der Waals surface area contributed by atoms with Gasteiger partial charge < -0.3 is 15.0 Å². The summed E-state index contributed by atoms with van der Waals surface area (Å²) < 4.78 is 8.50. The number of rotatable bonds is 11. The fourth-order valence-electron chi connectivity index (χ4n) is 5.20. The number of hydrogen-bond acceptors (Lipinski definition) is 5. The maximum Gasteiger partial charge on any atom is 0.168 e. The second kappa shape index (κ2) is 12.9. The normalized spacial score (nSPS) is 14.1. The molecule has 5 rings (SSSR count). The molecule has 1 N–H and O–H groups in total. The van der Waals surface area contributed by atoms with Crippen LogP contribution in [0, 0.1) is 13.8 Å². The monoisotopic (exact) mass is 509 g/mol. The number of nitrogens with zero attached hydrogens (tertiary/aromatic N) is 4. The van der Waals surface area contributed by atoms with Gasteiger partial charge in [0.05, 0.1) is 12.3 Å². The van der Waals surface area contributed by atoms with Gasteiger partial charge in [-0.25, -0.2) is 0 Å². The van der Waals surface area contributed by atoms with Crippen LogP contribution < -0.4 is 10.1 Å². The molecule has 1 aliphatic heterocycles. The number of unbranched alkanes of at least 4 members (excludes halogenated alkanes) is 3. The zero-order chi connectivity index (χ0) is 26.2. The Kier molecular flexibility index (Phi) is 8.84. The van der Waals surface area contributed by atoms with Crippen molar-refractivity contribution in [3.05, 3.63) is 84.2 Å². The first kappa shape index (κ1) is 26.1. The molecule has 0 unspecified atom stereocenters. The Morgan fingerprint density at radius 1 is 0.737 bits per heavy atom. The van der Waals surface area contributed by atoms with Crippen LogP contribution >= 0.6 is 0 Å². The summed E-state index contributed by atoms with van der Waals surface area (Å²) in [6.07, 6.45) is 4.77. The van der Waals surface area contributed by atoms with Gasteiger partial charge in [-0.15, -0.1) is 10.2 Å². The molecule has 0 aliphatic carbocycles. The van der Waals surface area contributed by atoms with Crippen molar-refractivity contribution in [1.29, 1.82) is 0 Å². The summed E-state index contributed by atoms with van der Waals surface area (Å²) in [5.41, 5.74) is 5.59. The van der Waals surface area contributed by atoms with Crippen molar-refractivity contribution in [3.63, 3.8) is 0 Å². The molecule has 6 nitrogen and oxygen atoms in total. The van der Waals surface area contributed by atoms with E-state index in [-0.39, 0.29) is 0 Å². The quantitative estimate of drug-likeness (QED) is 0.249. The highest BCUT2D eigenvalue weighted by Crippen LogP contribution is 2.32. The Bertz CT molecular complexity index is 1290. The molecule has 0 saturated carbocycles. The van der Waals surface area contributed by atoms with E-state index in [1.807, 2.05) is 13.0 Å². The van der Waals surface area contributed by atoms with E-state index < -0.39 is 0 Å². The smallest absolute Gasteiger partial charge is 0.168 e. The van der Waals surface area contributed by atoms with E-state index >= 15 is 0 Å². The molecule has 0 atom stereocenters. The van der Waals surface area contributed by atoms with E-state index in [0.29, 0.717) is 6.61 Å². The van der Waals surface area contributed by atoms with E-state index in [2.05, 4.69) is 98.6 Å². The standard InChI is InChI=1S/C32H39N5O/c1-25-11-10-14-30(38-24-9-4-3-8-21-36-22-19-33-20-23-36)31(25)37-26(2)34-35-32(37)29-17-15-28(16-18-29)27-12-6-5-7-13-27/h5-7,10-18,33H,3-4,8-9,19-24H2,1-2H3. The molecule has 2 heterocycles. The number of benzene rings is 3. The molecule has 6 heteroatoms. The number of hydrogen-bond donors (Lipinski definition) is 1. The topological polar surface area (TPSA) is 55.2 Å². The Labute approximate surface area is 226 Å². The average Bonchev–Trinajstić information content (AvgIpc) is 3.34. The van der Waals surface area contributed by atoms with Gasteiger partial charge in [0, 0.05) is 31.7 Å². The van der Waals surface area contributed by atoms with Gasteiger partial charge in [-0.05, 0) is 56.0 Å². The maximum atomic E-state index is 6.37. The van der Waals surface area contributed by atoms with Gasteiger partial charge >= 0.3 is 0 Å². The molecule has 0 amide bonds. The Morgan fingerprint density at radius 2 is 1.45 bits per heavy atom. The summed E-state index contributed by atoms with van der Waals surface area (Å²) in [6.45, 7) is 10.7. The largest absolute Gasteiger partial charge is 0.491 e. The van der Waals surface area contributed by atoms with Crippen LogP contribution in [0.4, 0.5) is 0 Å². The van der Waals surface area contributed by atoms with Crippen LogP contribution in [0.15, 0.2) is 72.8 Å². The third-order valence-electron chi connectivity index (χ3n) is 7.34. The minimum atomic E-state index is 0.715. The summed E-state index contributed by atoms with van der Waals surface area (Å²) >= 11 is 0. The lowest BCUT2D eigenvalue weighted by atomic mass is 10.0. The summed E-state index contributed by atoms with van der Waals surface area (Å²) in [7, 11) is 0. The number of para-hydroxylation sites is 1. The molecule has 0 radical (unpaired) electrons. The first-order valence-electron chi connectivity index (χ1n) is 13.9. The summed E-state index contributed by atoms with van der Waals surface area (Å²) in [5.74, 6) is 2.56. The van der Waals surface area contributed by atoms with Gasteiger partial charge in [-0.2, -0.15) is 0 Å². The highest BCUT2D eigenvalue weighted by atomic mass is 16.5. The second-order valence-corrected chi connectivity index (χ2v) is 10.1. The maximum absolute atomic E-state index is 6.37. The molecule has 3 aromatic carbocycles. The highest BCUT2D eigenvalue weighted by molar-refractivity contribution is 5.69. The van der Waals surface area contributed by atoms with Gasteiger partial charge in [-0.1, -0.05) is 79.6 Å². The molecule has 1 saturated heterocycles. The lowest BCUT2D eigenvalue weighted by Gasteiger charge is -2.27. The number of aryl methyl sites for hydroxylation is 2. The highest BCUT2D eigenvalue weighted by Gasteiger charge is 2.18. The molecule has 4 aromatic rings. The van der Waals surface area contributed by atoms with Crippen molar-refractivity contribution < 1.29 is 4.74 Å². The van der Waals surface area contributed by atoms with Crippen LogP contribution in [0.1, 0.15) is 37.1 Å². The van der Waals surface area contributed by atoms with Crippen LogP contribution in [0.5, 0.6) is 5.75 Å². The third kappa shape index (κ3) is 6.32. The van der Waals surface area contributed by atoms with E-state index in [9.17, 15) is 0 Å². The van der Waals surface area contributed by atoms with Crippen LogP contribution in [0.3, 0.4) is 0 Å². The molecule has 38 heavy (non-hydrogen) atoms. The summed E-state index contributed by atoms with van der Waals surface area (Å²) in [5, 5.41) is 12.4. The van der Waals surface area contributed by atoms with Gasteiger partial charge in [-0.3, -0.25) is 4.57 Å². The van der Waals surface area contributed by atoms with Crippen molar-refractivity contribution >= 4 is 0 Å². The molecular weight excluding hydrogens is 470 g/mol. The zero-order valence-corrected chi connectivity index (χ0v) is 22.7. The van der Waals surface area contributed by atoms with Crippen molar-refractivity contribution in [3.8, 4) is 34.0 Å². The predicted molar refractivity (Wildman–Crippen MR) is 155 cm³/mol. The SMILES string of the molecule is Cc1cccc(OCCCCCCN2CCNCC2)c1-n1c(C)nnc1-c1ccc(-c2ccccc2)cc1. The van der Waals surface area contributed by atoms with Crippen molar-refractivity contribution in [2.24, 2.45) is 0 Å². The molecule has 1 aliphatic rings. The van der Waals surface area contributed by atoms with Crippen molar-refractivity contribution in [1.82, 2.24) is 25.0 Å². The van der Waals surface area contributed by atoms with Gasteiger partial charge in [0.2, 0.25) is 0 Å². The van der Waals surface area contributed by atoms with E-state index in [1.54, 1.807) is 0 Å². The fourth-order valence-corrected chi connectivity index (χ4v) is 5.20. The van der Waals surface area contributed by atoms with Crippen LogP contribution in [-0.4, -0.2) is 59.0 Å². The predicted octanol–water partition coefficient (Wildman–Crippen LogP) is 6.06. The van der Waals surface area contributed by atoms with E-state index in [1.165, 1.54) is 50.0 Å². The number of nitrogens with one attached hydrogen (secondary N) is 1. The number of piperazine rings is 1. The average molecular weight is 510 g/mol. The minimum Gasteiger partial charge on any atom is -0.491 e. The third-order valence-corrected chi connectivity index (χ3v) is 7.34.